The van der Waals surface area contributed by atoms with Gasteiger partial charge in [0.1, 0.15) is 28.8 Å². The SMILES string of the molecule is CC(C)(C)[Si](C)(C)Oc1cccc(-c2cnc(N/C(=C\c3ccco3)C(=O)O)c(Cc3c(F)cccc3F)n2)c1F. The molecule has 2 heterocycles. The van der Waals surface area contributed by atoms with Crippen LogP contribution in [0.3, 0.4) is 0 Å². The molecule has 0 aliphatic rings. The van der Waals surface area contributed by atoms with E-state index in [-0.39, 0.29) is 50.6 Å². The van der Waals surface area contributed by atoms with Crippen LogP contribution in [0.1, 0.15) is 37.8 Å². The Kier molecular flexibility index (Phi) is 8.38. The fraction of sp³-hybridized carbons (Fsp3) is 0.233. The van der Waals surface area contributed by atoms with Crippen molar-refractivity contribution in [2.24, 2.45) is 0 Å². The largest absolute Gasteiger partial charge is 0.542 e. The van der Waals surface area contributed by atoms with Crippen molar-refractivity contribution in [1.29, 1.82) is 0 Å². The molecule has 0 aliphatic heterocycles. The molecule has 2 aromatic heterocycles. The Balaban J connectivity index is 1.80. The summed E-state index contributed by atoms with van der Waals surface area (Å²) in [4.78, 5) is 20.7. The highest BCUT2D eigenvalue weighted by atomic mass is 28.4. The number of carbonyl (C=O) groups is 1. The fourth-order valence-electron chi connectivity index (χ4n) is 3.66. The van der Waals surface area contributed by atoms with E-state index in [4.69, 9.17) is 8.84 Å². The lowest BCUT2D eigenvalue weighted by atomic mass is 10.1. The van der Waals surface area contributed by atoms with Gasteiger partial charge < -0.3 is 19.3 Å². The quantitative estimate of drug-likeness (QED) is 0.155. The van der Waals surface area contributed by atoms with Gasteiger partial charge >= 0.3 is 5.97 Å². The standard InChI is InChI=1S/C30H30F3N3O4Si/c1-30(2,3)41(4,5)40-26-13-6-10-19(27(26)33)25-17-34-28(36-24(29(37)38)15-18-9-8-14-39-18)23(35-25)16-20-21(31)11-7-12-22(20)32/h6-15,17H,16H2,1-5H3,(H,34,36)(H,37,38)/b24-15-. The van der Waals surface area contributed by atoms with Crippen molar-refractivity contribution in [1.82, 2.24) is 9.97 Å². The fourth-order valence-corrected chi connectivity index (χ4v) is 4.68. The predicted molar refractivity (Wildman–Crippen MR) is 152 cm³/mol. The first kappa shape index (κ1) is 29.6. The summed E-state index contributed by atoms with van der Waals surface area (Å²) in [6, 6.07) is 11.2. The van der Waals surface area contributed by atoms with E-state index < -0.39 is 38.2 Å². The minimum atomic E-state index is -2.38. The zero-order valence-corrected chi connectivity index (χ0v) is 24.3. The average Bonchev–Trinajstić information content (AvgIpc) is 3.40. The van der Waals surface area contributed by atoms with Gasteiger partial charge in [-0.1, -0.05) is 32.9 Å². The molecule has 7 nitrogen and oxygen atoms in total. The maximum absolute atomic E-state index is 15.8. The first-order chi connectivity index (χ1) is 19.3. The molecule has 0 bridgehead atoms. The molecule has 4 rings (SSSR count). The molecule has 0 aliphatic carbocycles. The van der Waals surface area contributed by atoms with Crippen LogP contribution in [0.25, 0.3) is 17.3 Å². The third kappa shape index (κ3) is 6.68. The lowest BCUT2D eigenvalue weighted by Gasteiger charge is -2.36. The van der Waals surface area contributed by atoms with Crippen molar-refractivity contribution in [2.75, 3.05) is 5.32 Å². The van der Waals surface area contributed by atoms with Crippen LogP contribution in [0.5, 0.6) is 5.75 Å². The summed E-state index contributed by atoms with van der Waals surface area (Å²) in [5.41, 5.74) is -0.488. The summed E-state index contributed by atoms with van der Waals surface area (Å²) in [6.07, 6.45) is 3.47. The normalized spacial score (nSPS) is 12.3. The van der Waals surface area contributed by atoms with Crippen LogP contribution in [-0.2, 0) is 11.2 Å². The van der Waals surface area contributed by atoms with Crippen molar-refractivity contribution < 1.29 is 31.9 Å². The zero-order valence-electron chi connectivity index (χ0n) is 23.3. The highest BCUT2D eigenvalue weighted by Gasteiger charge is 2.39. The average molecular weight is 582 g/mol. The summed E-state index contributed by atoms with van der Waals surface area (Å²) >= 11 is 0. The Bertz CT molecular complexity index is 1580. The van der Waals surface area contributed by atoms with Gasteiger partial charge in [0.25, 0.3) is 8.32 Å². The smallest absolute Gasteiger partial charge is 0.352 e. The van der Waals surface area contributed by atoms with Crippen molar-refractivity contribution in [3.8, 4) is 17.0 Å². The molecule has 41 heavy (non-hydrogen) atoms. The monoisotopic (exact) mass is 581 g/mol. The summed E-state index contributed by atoms with van der Waals surface area (Å²) in [5.74, 6) is -3.38. The van der Waals surface area contributed by atoms with Gasteiger partial charge in [-0.05, 0) is 54.5 Å². The number of carboxylic acids is 1. The molecule has 0 fully saturated rings. The molecule has 0 unspecified atom stereocenters. The molecule has 2 N–H and O–H groups in total. The van der Waals surface area contributed by atoms with E-state index in [0.717, 1.165) is 12.1 Å². The Hall–Kier alpha value is -4.38. The van der Waals surface area contributed by atoms with Gasteiger partial charge in [-0.25, -0.2) is 27.9 Å². The lowest BCUT2D eigenvalue weighted by Crippen LogP contribution is -2.44. The van der Waals surface area contributed by atoms with Gasteiger partial charge in [-0.2, -0.15) is 0 Å². The van der Waals surface area contributed by atoms with Crippen molar-refractivity contribution in [3.05, 3.63) is 101 Å². The second-order valence-corrected chi connectivity index (χ2v) is 15.6. The summed E-state index contributed by atoms with van der Waals surface area (Å²) in [5, 5.41) is 12.2. The topological polar surface area (TPSA) is 97.5 Å². The summed E-state index contributed by atoms with van der Waals surface area (Å²) in [6.45, 7) is 10.1. The maximum Gasteiger partial charge on any atom is 0.352 e. The van der Waals surface area contributed by atoms with Gasteiger partial charge in [0.2, 0.25) is 0 Å². The number of anilines is 1. The van der Waals surface area contributed by atoms with Crippen LogP contribution >= 0.6 is 0 Å². The van der Waals surface area contributed by atoms with E-state index in [9.17, 15) is 18.7 Å². The van der Waals surface area contributed by atoms with E-state index in [1.807, 2.05) is 33.9 Å². The third-order valence-corrected chi connectivity index (χ3v) is 11.3. The first-order valence-electron chi connectivity index (χ1n) is 12.8. The molecule has 0 radical (unpaired) electrons. The maximum atomic E-state index is 15.8. The number of nitrogens with one attached hydrogen (secondary N) is 1. The first-order valence-corrected chi connectivity index (χ1v) is 15.7. The highest BCUT2D eigenvalue weighted by Crippen LogP contribution is 2.39. The molecule has 0 atom stereocenters. The van der Waals surface area contributed by atoms with Crippen molar-refractivity contribution in [2.45, 2.75) is 45.3 Å². The Labute approximate surface area is 236 Å². The van der Waals surface area contributed by atoms with Gasteiger partial charge in [-0.15, -0.1) is 0 Å². The van der Waals surface area contributed by atoms with Crippen LogP contribution in [-0.4, -0.2) is 29.4 Å². The lowest BCUT2D eigenvalue weighted by molar-refractivity contribution is -0.132. The molecule has 11 heteroatoms. The Morgan fingerprint density at radius 2 is 1.76 bits per heavy atom. The Morgan fingerprint density at radius 1 is 1.07 bits per heavy atom. The predicted octanol–water partition coefficient (Wildman–Crippen LogP) is 7.67. The van der Waals surface area contributed by atoms with E-state index >= 15 is 4.39 Å². The molecule has 214 valence electrons. The zero-order chi connectivity index (χ0) is 29.9. The minimum Gasteiger partial charge on any atom is -0.542 e. The van der Waals surface area contributed by atoms with Crippen LogP contribution in [0.2, 0.25) is 18.1 Å². The number of carboxylic acid groups (broad SMARTS) is 1. The number of aliphatic carboxylic acids is 1. The molecule has 0 spiro atoms. The summed E-state index contributed by atoms with van der Waals surface area (Å²) < 4.78 is 56.4. The second kappa shape index (κ2) is 11.6. The van der Waals surface area contributed by atoms with Crippen LogP contribution in [0.4, 0.5) is 19.0 Å². The number of halogens is 3. The Morgan fingerprint density at radius 3 is 2.37 bits per heavy atom. The van der Waals surface area contributed by atoms with Crippen molar-refractivity contribution in [3.63, 3.8) is 0 Å². The molecular weight excluding hydrogens is 551 g/mol. The van der Waals surface area contributed by atoms with Crippen LogP contribution in [0.15, 0.2) is 71.1 Å². The summed E-state index contributed by atoms with van der Waals surface area (Å²) in [7, 11) is -2.38. The van der Waals surface area contributed by atoms with Crippen molar-refractivity contribution >= 4 is 26.2 Å². The molecule has 4 aromatic rings. The highest BCUT2D eigenvalue weighted by molar-refractivity contribution is 6.74. The van der Waals surface area contributed by atoms with E-state index in [2.05, 4.69) is 15.3 Å². The van der Waals surface area contributed by atoms with Gasteiger partial charge in [0.15, 0.2) is 11.6 Å². The minimum absolute atomic E-state index is 0.00628. The van der Waals surface area contributed by atoms with Gasteiger partial charge in [-0.3, -0.25) is 0 Å². The van der Waals surface area contributed by atoms with Gasteiger partial charge in [0, 0.05) is 23.6 Å². The van der Waals surface area contributed by atoms with E-state index in [1.165, 1.54) is 36.7 Å². The van der Waals surface area contributed by atoms with E-state index in [0.29, 0.717) is 0 Å². The number of rotatable bonds is 9. The van der Waals surface area contributed by atoms with E-state index in [1.54, 1.807) is 18.2 Å². The molecule has 2 aromatic carbocycles. The number of hydrogen-bond donors (Lipinski definition) is 2. The molecule has 0 saturated heterocycles. The van der Waals surface area contributed by atoms with Gasteiger partial charge in [0.05, 0.1) is 23.8 Å². The number of nitrogens with zero attached hydrogens (tertiary/aromatic N) is 2. The molecular formula is C30H30F3N3O4Si. The number of hydrogen-bond acceptors (Lipinski definition) is 6. The second-order valence-electron chi connectivity index (χ2n) is 10.9. The van der Waals surface area contributed by atoms with Crippen LogP contribution in [0, 0.1) is 17.5 Å². The number of furan rings is 1. The van der Waals surface area contributed by atoms with Crippen LogP contribution < -0.4 is 9.74 Å². The number of aromatic nitrogens is 2. The third-order valence-electron chi connectivity index (χ3n) is 6.97. The molecule has 0 amide bonds. The number of benzene rings is 2. The molecule has 0 saturated carbocycles.